The van der Waals surface area contributed by atoms with Crippen LogP contribution in [-0.2, 0) is 4.74 Å². The number of aromatic nitrogens is 3. The Bertz CT molecular complexity index is 1450. The lowest BCUT2D eigenvalue weighted by atomic mass is 9.97. The summed E-state index contributed by atoms with van der Waals surface area (Å²) < 4.78 is 22.2. The first-order chi connectivity index (χ1) is 17.6. The Labute approximate surface area is 234 Å². The molecule has 4 aromatic rings. The van der Waals surface area contributed by atoms with Crippen molar-refractivity contribution in [1.29, 1.82) is 0 Å². The van der Waals surface area contributed by atoms with Gasteiger partial charge in [0.1, 0.15) is 5.82 Å². The van der Waals surface area contributed by atoms with E-state index < -0.39 is 11.8 Å². The molecule has 0 N–H and O–H groups in total. The Morgan fingerprint density at radius 3 is 2.49 bits per heavy atom. The van der Waals surface area contributed by atoms with Crippen molar-refractivity contribution in [3.8, 4) is 27.5 Å². The molecule has 4 rings (SSSR count). The SMILES string of the molecule is CCOC(=O)c1c(-c2cccc(F)c2)c(C(C)C)nn1-c1nc(-c2ccc(Cl)c(Cl)c2)c(SC(C)C)s1. The van der Waals surface area contributed by atoms with Gasteiger partial charge in [-0.3, -0.25) is 0 Å². The summed E-state index contributed by atoms with van der Waals surface area (Å²) in [6, 6.07) is 11.5. The number of thioether (sulfide) groups is 1. The summed E-state index contributed by atoms with van der Waals surface area (Å²) >= 11 is 15.5. The summed E-state index contributed by atoms with van der Waals surface area (Å²) in [6.07, 6.45) is 0. The zero-order valence-corrected chi connectivity index (χ0v) is 24.2. The molecule has 0 bridgehead atoms. The van der Waals surface area contributed by atoms with Crippen molar-refractivity contribution in [1.82, 2.24) is 14.8 Å². The van der Waals surface area contributed by atoms with Gasteiger partial charge in [-0.2, -0.15) is 9.78 Å². The molecule has 0 radical (unpaired) electrons. The summed E-state index contributed by atoms with van der Waals surface area (Å²) in [7, 11) is 0. The van der Waals surface area contributed by atoms with Crippen LogP contribution in [0, 0.1) is 5.82 Å². The van der Waals surface area contributed by atoms with E-state index in [1.54, 1.807) is 43.0 Å². The molecule has 37 heavy (non-hydrogen) atoms. The first-order valence-electron chi connectivity index (χ1n) is 11.8. The minimum Gasteiger partial charge on any atom is -0.461 e. The summed E-state index contributed by atoms with van der Waals surface area (Å²) in [4.78, 5) is 18.3. The van der Waals surface area contributed by atoms with E-state index in [9.17, 15) is 9.18 Å². The number of nitrogens with zero attached hydrogens (tertiary/aromatic N) is 3. The van der Waals surface area contributed by atoms with Crippen molar-refractivity contribution in [2.24, 2.45) is 0 Å². The van der Waals surface area contributed by atoms with Crippen molar-refractivity contribution >= 4 is 52.3 Å². The number of esters is 1. The zero-order valence-electron chi connectivity index (χ0n) is 21.0. The zero-order chi connectivity index (χ0) is 26.9. The minimum atomic E-state index is -0.550. The van der Waals surface area contributed by atoms with E-state index in [2.05, 4.69) is 13.8 Å². The van der Waals surface area contributed by atoms with Crippen LogP contribution in [0.5, 0.6) is 0 Å². The third-order valence-electron chi connectivity index (χ3n) is 5.34. The van der Waals surface area contributed by atoms with Crippen LogP contribution in [0.2, 0.25) is 10.0 Å². The number of thiazole rings is 1. The van der Waals surface area contributed by atoms with Gasteiger partial charge in [-0.15, -0.1) is 11.8 Å². The molecule has 0 saturated heterocycles. The number of benzene rings is 2. The molecule has 0 amide bonds. The van der Waals surface area contributed by atoms with E-state index in [1.165, 1.54) is 28.2 Å². The molecular weight excluding hydrogens is 552 g/mol. The average molecular weight is 579 g/mol. The first kappa shape index (κ1) is 27.6. The molecule has 0 aliphatic rings. The van der Waals surface area contributed by atoms with Crippen molar-refractivity contribution in [2.45, 2.75) is 50.0 Å². The van der Waals surface area contributed by atoms with Gasteiger partial charge in [0, 0.05) is 16.4 Å². The van der Waals surface area contributed by atoms with Crippen molar-refractivity contribution in [3.05, 3.63) is 69.7 Å². The number of hydrogen-bond donors (Lipinski definition) is 0. The molecule has 5 nitrogen and oxygen atoms in total. The van der Waals surface area contributed by atoms with E-state index in [1.807, 2.05) is 19.9 Å². The summed E-state index contributed by atoms with van der Waals surface area (Å²) in [5.41, 5.74) is 3.48. The van der Waals surface area contributed by atoms with E-state index in [4.69, 9.17) is 38.0 Å². The number of rotatable bonds is 8. The average Bonchev–Trinajstić information content (AvgIpc) is 3.43. The van der Waals surface area contributed by atoms with Gasteiger partial charge in [0.05, 0.1) is 32.2 Å². The maximum Gasteiger partial charge on any atom is 0.357 e. The molecule has 0 saturated carbocycles. The largest absolute Gasteiger partial charge is 0.461 e. The number of hydrogen-bond acceptors (Lipinski definition) is 6. The second-order valence-electron chi connectivity index (χ2n) is 8.83. The van der Waals surface area contributed by atoms with Crippen LogP contribution in [0.4, 0.5) is 4.39 Å². The fourth-order valence-electron chi connectivity index (χ4n) is 3.80. The Kier molecular flexibility index (Phi) is 8.63. The Morgan fingerprint density at radius 1 is 1.11 bits per heavy atom. The standard InChI is InChI=1S/C27H26Cl2FN3O2S2/c1-6-35-25(34)24-21(16-8-7-9-18(30)12-16)22(14(2)3)32-33(24)27-31-23(26(37-27)36-15(4)5)17-10-11-19(28)20(29)13-17/h7-15H,6H2,1-5H3. The highest BCUT2D eigenvalue weighted by Crippen LogP contribution is 2.42. The number of carbonyl (C=O) groups excluding carboxylic acids is 1. The Morgan fingerprint density at radius 2 is 1.86 bits per heavy atom. The molecule has 0 fully saturated rings. The van der Waals surface area contributed by atoms with Crippen LogP contribution in [0.1, 0.15) is 56.7 Å². The third-order valence-corrected chi connectivity index (χ3v) is 8.33. The van der Waals surface area contributed by atoms with Gasteiger partial charge in [-0.05, 0) is 42.7 Å². The first-order valence-corrected chi connectivity index (χ1v) is 14.2. The molecule has 194 valence electrons. The van der Waals surface area contributed by atoms with Gasteiger partial charge < -0.3 is 4.74 Å². The van der Waals surface area contributed by atoms with Crippen molar-refractivity contribution in [3.63, 3.8) is 0 Å². The van der Waals surface area contributed by atoms with Gasteiger partial charge in [0.15, 0.2) is 5.69 Å². The van der Waals surface area contributed by atoms with E-state index in [0.29, 0.717) is 32.0 Å². The molecule has 10 heteroatoms. The summed E-state index contributed by atoms with van der Waals surface area (Å²) in [6.45, 7) is 10.1. The lowest BCUT2D eigenvalue weighted by Crippen LogP contribution is -2.13. The Hall–Kier alpha value is -2.39. The van der Waals surface area contributed by atoms with Crippen LogP contribution in [0.25, 0.3) is 27.5 Å². The monoisotopic (exact) mass is 577 g/mol. The highest BCUT2D eigenvalue weighted by molar-refractivity contribution is 8.01. The van der Waals surface area contributed by atoms with Crippen LogP contribution in [-0.4, -0.2) is 32.6 Å². The molecule has 0 spiro atoms. The molecule has 2 heterocycles. The van der Waals surface area contributed by atoms with Crippen LogP contribution >= 0.6 is 46.3 Å². The van der Waals surface area contributed by atoms with Crippen LogP contribution in [0.15, 0.2) is 46.7 Å². The van der Waals surface area contributed by atoms with Crippen LogP contribution in [0.3, 0.4) is 0 Å². The van der Waals surface area contributed by atoms with E-state index in [0.717, 1.165) is 15.5 Å². The van der Waals surface area contributed by atoms with Gasteiger partial charge >= 0.3 is 5.97 Å². The minimum absolute atomic E-state index is 0.0493. The molecule has 0 unspecified atom stereocenters. The maximum absolute atomic E-state index is 14.2. The lowest BCUT2D eigenvalue weighted by Gasteiger charge is -2.09. The predicted molar refractivity (Wildman–Crippen MR) is 151 cm³/mol. The molecule has 2 aromatic heterocycles. The second-order valence-corrected chi connectivity index (χ2v) is 12.5. The predicted octanol–water partition coefficient (Wildman–Crippen LogP) is 8.91. The molecule has 0 aliphatic carbocycles. The van der Waals surface area contributed by atoms with Crippen molar-refractivity contribution < 1.29 is 13.9 Å². The fourth-order valence-corrected chi connectivity index (χ4v) is 6.58. The van der Waals surface area contributed by atoms with Crippen LogP contribution < -0.4 is 0 Å². The van der Waals surface area contributed by atoms with Gasteiger partial charge in [0.25, 0.3) is 0 Å². The van der Waals surface area contributed by atoms with Gasteiger partial charge in [-0.25, -0.2) is 14.2 Å². The van der Waals surface area contributed by atoms with Crippen molar-refractivity contribution in [2.75, 3.05) is 6.61 Å². The number of carbonyl (C=O) groups is 1. The maximum atomic E-state index is 14.2. The molecular formula is C27H26Cl2FN3O2S2. The second kappa shape index (κ2) is 11.6. The van der Waals surface area contributed by atoms with Gasteiger partial charge in [0.2, 0.25) is 5.13 Å². The smallest absolute Gasteiger partial charge is 0.357 e. The topological polar surface area (TPSA) is 57.0 Å². The lowest BCUT2D eigenvalue weighted by molar-refractivity contribution is 0.0516. The summed E-state index contributed by atoms with van der Waals surface area (Å²) in [5, 5.41) is 6.50. The quantitative estimate of drug-likeness (QED) is 0.154. The molecule has 2 aromatic carbocycles. The Balaban J connectivity index is 2.00. The fraction of sp³-hybridized carbons (Fsp3) is 0.296. The third kappa shape index (κ3) is 5.87. The number of halogens is 3. The van der Waals surface area contributed by atoms with E-state index >= 15 is 0 Å². The van der Waals surface area contributed by atoms with E-state index in [-0.39, 0.29) is 23.5 Å². The molecule has 0 atom stereocenters. The molecule has 0 aliphatic heterocycles. The highest BCUT2D eigenvalue weighted by Gasteiger charge is 2.30. The normalized spacial score (nSPS) is 11.5. The number of ether oxygens (including phenoxy) is 1. The highest BCUT2D eigenvalue weighted by atomic mass is 35.5. The van der Waals surface area contributed by atoms with Gasteiger partial charge in [-0.1, -0.05) is 80.4 Å². The summed E-state index contributed by atoms with van der Waals surface area (Å²) in [5.74, 6) is -1.00.